The van der Waals surface area contributed by atoms with Crippen molar-refractivity contribution in [3.05, 3.63) is 22.2 Å². The molecule has 0 radical (unpaired) electrons. The molecule has 23 heavy (non-hydrogen) atoms. The molecule has 1 rings (SSSR count). The lowest BCUT2D eigenvalue weighted by atomic mass is 10.2. The van der Waals surface area contributed by atoms with Crippen molar-refractivity contribution in [1.29, 1.82) is 0 Å². The Bertz CT molecular complexity index is 501. The molecular formula is C15H25BrIN3O3. The smallest absolute Gasteiger partial charge is 0.191 e. The second-order valence-corrected chi connectivity index (χ2v) is 5.22. The standard InChI is InChI=1S/C15H24BrN3O3.HI/c1-5-22-7-6-18-15(17-2)19-10-11-8-12(16)14(21-4)13(9-11)20-3;/h8-9H,5-7,10H2,1-4H3,(H2,17,18,19);1H. The fraction of sp³-hybridized carbons (Fsp3) is 0.533. The Morgan fingerprint density at radius 1 is 1.22 bits per heavy atom. The molecule has 8 heteroatoms. The number of methoxy groups -OCH3 is 2. The maximum absolute atomic E-state index is 5.34. The topological polar surface area (TPSA) is 64.1 Å². The third-order valence-electron chi connectivity index (χ3n) is 2.92. The van der Waals surface area contributed by atoms with Crippen LogP contribution in [0.3, 0.4) is 0 Å². The van der Waals surface area contributed by atoms with Crippen molar-refractivity contribution in [2.24, 2.45) is 4.99 Å². The first-order valence-electron chi connectivity index (χ1n) is 7.08. The number of guanidine groups is 1. The molecule has 0 atom stereocenters. The number of hydrogen-bond acceptors (Lipinski definition) is 4. The minimum atomic E-state index is 0. The van der Waals surface area contributed by atoms with E-state index >= 15 is 0 Å². The number of rotatable bonds is 8. The first-order chi connectivity index (χ1) is 10.7. The van der Waals surface area contributed by atoms with Crippen molar-refractivity contribution in [2.75, 3.05) is 41.0 Å². The van der Waals surface area contributed by atoms with E-state index in [1.165, 1.54) is 0 Å². The third-order valence-corrected chi connectivity index (χ3v) is 3.51. The molecule has 0 aliphatic heterocycles. The molecule has 6 nitrogen and oxygen atoms in total. The van der Waals surface area contributed by atoms with Gasteiger partial charge >= 0.3 is 0 Å². The lowest BCUT2D eigenvalue weighted by Gasteiger charge is -2.14. The van der Waals surface area contributed by atoms with E-state index in [-0.39, 0.29) is 24.0 Å². The van der Waals surface area contributed by atoms with E-state index in [4.69, 9.17) is 14.2 Å². The molecule has 0 fully saturated rings. The maximum atomic E-state index is 5.34. The van der Waals surface area contributed by atoms with Gasteiger partial charge in [-0.1, -0.05) is 0 Å². The van der Waals surface area contributed by atoms with Crippen LogP contribution < -0.4 is 20.1 Å². The van der Waals surface area contributed by atoms with Gasteiger partial charge in [0.2, 0.25) is 0 Å². The van der Waals surface area contributed by atoms with Gasteiger partial charge in [0, 0.05) is 26.7 Å². The predicted octanol–water partition coefficient (Wildman–Crippen LogP) is 2.79. The average molecular weight is 502 g/mol. The fourth-order valence-electron chi connectivity index (χ4n) is 1.87. The molecule has 0 saturated carbocycles. The van der Waals surface area contributed by atoms with Gasteiger partial charge in [-0.3, -0.25) is 4.99 Å². The van der Waals surface area contributed by atoms with Crippen LogP contribution >= 0.6 is 39.9 Å². The van der Waals surface area contributed by atoms with Crippen LogP contribution in [0.5, 0.6) is 11.5 Å². The quantitative estimate of drug-likeness (QED) is 0.248. The predicted molar refractivity (Wildman–Crippen MR) is 107 cm³/mol. The Morgan fingerprint density at radius 3 is 2.52 bits per heavy atom. The summed E-state index contributed by atoms with van der Waals surface area (Å²) in [6, 6.07) is 3.92. The van der Waals surface area contributed by atoms with Crippen LogP contribution in [0.25, 0.3) is 0 Å². The van der Waals surface area contributed by atoms with Gasteiger partial charge in [0.15, 0.2) is 17.5 Å². The van der Waals surface area contributed by atoms with Crippen LogP contribution in [0.15, 0.2) is 21.6 Å². The second-order valence-electron chi connectivity index (χ2n) is 4.36. The molecule has 0 aromatic heterocycles. The van der Waals surface area contributed by atoms with E-state index in [1.807, 2.05) is 19.1 Å². The van der Waals surface area contributed by atoms with E-state index in [1.54, 1.807) is 21.3 Å². The highest BCUT2D eigenvalue weighted by Gasteiger charge is 2.10. The second kappa shape index (κ2) is 12.7. The van der Waals surface area contributed by atoms with E-state index < -0.39 is 0 Å². The van der Waals surface area contributed by atoms with Crippen LogP contribution in [-0.2, 0) is 11.3 Å². The van der Waals surface area contributed by atoms with Gasteiger partial charge < -0.3 is 24.8 Å². The van der Waals surface area contributed by atoms with E-state index in [0.29, 0.717) is 37.8 Å². The summed E-state index contributed by atoms with van der Waals surface area (Å²) in [7, 11) is 4.97. The molecule has 0 saturated heterocycles. The van der Waals surface area contributed by atoms with Crippen molar-refractivity contribution in [1.82, 2.24) is 10.6 Å². The van der Waals surface area contributed by atoms with Crippen LogP contribution in [0, 0.1) is 0 Å². The van der Waals surface area contributed by atoms with Crippen LogP contribution in [0.4, 0.5) is 0 Å². The summed E-state index contributed by atoms with van der Waals surface area (Å²) in [6.07, 6.45) is 0. The van der Waals surface area contributed by atoms with Gasteiger partial charge in [-0.25, -0.2) is 0 Å². The minimum Gasteiger partial charge on any atom is -0.493 e. The normalized spacial score (nSPS) is 10.7. The molecule has 132 valence electrons. The van der Waals surface area contributed by atoms with Gasteiger partial charge in [-0.05, 0) is 40.5 Å². The first kappa shape index (κ1) is 22.3. The molecule has 2 N–H and O–H groups in total. The van der Waals surface area contributed by atoms with Crippen molar-refractivity contribution in [3.8, 4) is 11.5 Å². The Morgan fingerprint density at radius 2 is 1.96 bits per heavy atom. The zero-order chi connectivity index (χ0) is 16.4. The maximum Gasteiger partial charge on any atom is 0.191 e. The largest absolute Gasteiger partial charge is 0.493 e. The molecule has 0 amide bonds. The Balaban J connectivity index is 0.00000484. The highest BCUT2D eigenvalue weighted by Crippen LogP contribution is 2.36. The summed E-state index contributed by atoms with van der Waals surface area (Å²) in [4.78, 5) is 4.17. The number of benzene rings is 1. The Labute approximate surface area is 163 Å². The molecule has 0 heterocycles. The Kier molecular flexibility index (Phi) is 12.2. The van der Waals surface area contributed by atoms with Crippen molar-refractivity contribution in [3.63, 3.8) is 0 Å². The summed E-state index contributed by atoms with van der Waals surface area (Å²) in [5.41, 5.74) is 1.05. The number of ether oxygens (including phenoxy) is 3. The molecular weight excluding hydrogens is 477 g/mol. The van der Waals surface area contributed by atoms with Crippen LogP contribution in [-0.4, -0.2) is 47.0 Å². The fourth-order valence-corrected chi connectivity index (χ4v) is 2.52. The lowest BCUT2D eigenvalue weighted by molar-refractivity contribution is 0.152. The summed E-state index contributed by atoms with van der Waals surface area (Å²) >= 11 is 3.49. The highest BCUT2D eigenvalue weighted by atomic mass is 127. The average Bonchev–Trinajstić information content (AvgIpc) is 2.53. The number of nitrogens with one attached hydrogen (secondary N) is 2. The minimum absolute atomic E-state index is 0. The zero-order valence-corrected chi connectivity index (χ0v) is 17.9. The molecule has 0 spiro atoms. The third kappa shape index (κ3) is 7.58. The van der Waals surface area contributed by atoms with Gasteiger partial charge in [0.05, 0.1) is 25.3 Å². The van der Waals surface area contributed by atoms with Gasteiger partial charge in [0.1, 0.15) is 0 Å². The summed E-state index contributed by atoms with van der Waals surface area (Å²) in [6.45, 7) is 4.67. The molecule has 0 unspecified atom stereocenters. The monoisotopic (exact) mass is 501 g/mol. The highest BCUT2D eigenvalue weighted by molar-refractivity contribution is 14.0. The van der Waals surface area contributed by atoms with Gasteiger partial charge in [-0.15, -0.1) is 24.0 Å². The summed E-state index contributed by atoms with van der Waals surface area (Å²) in [5, 5.41) is 6.43. The number of aliphatic imine (C=N–C) groups is 1. The van der Waals surface area contributed by atoms with Crippen molar-refractivity contribution < 1.29 is 14.2 Å². The molecule has 1 aromatic carbocycles. The lowest BCUT2D eigenvalue weighted by Crippen LogP contribution is -2.38. The molecule has 0 aliphatic rings. The van der Waals surface area contributed by atoms with Gasteiger partial charge in [0.25, 0.3) is 0 Å². The molecule has 0 bridgehead atoms. The van der Waals surface area contributed by atoms with Crippen LogP contribution in [0.2, 0.25) is 0 Å². The van der Waals surface area contributed by atoms with Crippen molar-refractivity contribution in [2.45, 2.75) is 13.5 Å². The zero-order valence-electron chi connectivity index (χ0n) is 13.9. The van der Waals surface area contributed by atoms with E-state index in [9.17, 15) is 0 Å². The number of halogens is 2. The SMILES string of the molecule is CCOCCNC(=NC)NCc1cc(Br)c(OC)c(OC)c1.I. The Hall–Kier alpha value is -0.740. The first-order valence-corrected chi connectivity index (χ1v) is 7.88. The van der Waals surface area contributed by atoms with Crippen molar-refractivity contribution >= 4 is 45.9 Å². The van der Waals surface area contributed by atoms with Crippen LogP contribution in [0.1, 0.15) is 12.5 Å². The van der Waals surface area contributed by atoms with Gasteiger partial charge in [-0.2, -0.15) is 0 Å². The molecule has 1 aromatic rings. The van der Waals surface area contributed by atoms with E-state index in [2.05, 4.69) is 31.6 Å². The summed E-state index contributed by atoms with van der Waals surface area (Å²) in [5.74, 6) is 2.10. The number of nitrogens with zero attached hydrogens (tertiary/aromatic N) is 1. The molecule has 0 aliphatic carbocycles. The summed E-state index contributed by atoms with van der Waals surface area (Å²) < 4.78 is 16.8. The van der Waals surface area contributed by atoms with E-state index in [0.717, 1.165) is 16.0 Å². The number of hydrogen-bond donors (Lipinski definition) is 2.